The van der Waals surface area contributed by atoms with Gasteiger partial charge in [0.1, 0.15) is 10.8 Å². The molecule has 5 nitrogen and oxygen atoms in total. The SMILES string of the molecule is COC(=O)c1c(NC(=O)c2ccc(OC(F)F)cc2)sc2c1CCC(C)C2. The predicted molar refractivity (Wildman–Crippen MR) is 97.9 cm³/mol. The highest BCUT2D eigenvalue weighted by Gasteiger charge is 2.29. The summed E-state index contributed by atoms with van der Waals surface area (Å²) in [6, 6.07) is 5.37. The number of nitrogens with one attached hydrogen (secondary N) is 1. The van der Waals surface area contributed by atoms with E-state index >= 15 is 0 Å². The van der Waals surface area contributed by atoms with Gasteiger partial charge in [-0.3, -0.25) is 4.79 Å². The van der Waals surface area contributed by atoms with Gasteiger partial charge < -0.3 is 14.8 Å². The molecule has 1 N–H and O–H groups in total. The average Bonchev–Trinajstić information content (AvgIpc) is 2.97. The summed E-state index contributed by atoms with van der Waals surface area (Å²) in [5.41, 5.74) is 1.63. The summed E-state index contributed by atoms with van der Waals surface area (Å²) in [5.74, 6) is -0.418. The predicted octanol–water partition coefficient (Wildman–Crippen LogP) is 4.51. The Labute approximate surface area is 159 Å². The number of carbonyl (C=O) groups is 2. The summed E-state index contributed by atoms with van der Waals surface area (Å²) in [7, 11) is 1.31. The molecule has 0 spiro atoms. The third-order valence-corrected chi connectivity index (χ3v) is 5.64. The minimum absolute atomic E-state index is 0.0302. The van der Waals surface area contributed by atoms with E-state index < -0.39 is 18.5 Å². The van der Waals surface area contributed by atoms with Crippen LogP contribution in [0.15, 0.2) is 24.3 Å². The van der Waals surface area contributed by atoms with Crippen molar-refractivity contribution in [3.05, 3.63) is 45.8 Å². The number of fused-ring (bicyclic) bond motifs is 1. The molecular weight excluding hydrogens is 376 g/mol. The zero-order valence-corrected chi connectivity index (χ0v) is 15.7. The van der Waals surface area contributed by atoms with Gasteiger partial charge in [-0.2, -0.15) is 8.78 Å². The van der Waals surface area contributed by atoms with Crippen molar-refractivity contribution in [3.63, 3.8) is 0 Å². The lowest BCUT2D eigenvalue weighted by Gasteiger charge is -2.18. The van der Waals surface area contributed by atoms with Crippen LogP contribution in [0.5, 0.6) is 5.75 Å². The topological polar surface area (TPSA) is 64.6 Å². The first-order chi connectivity index (χ1) is 12.9. The third-order valence-electron chi connectivity index (χ3n) is 4.47. The second-order valence-corrected chi connectivity index (χ2v) is 7.51. The van der Waals surface area contributed by atoms with Crippen LogP contribution in [0.1, 0.15) is 44.5 Å². The maximum absolute atomic E-state index is 12.5. The van der Waals surface area contributed by atoms with Crippen LogP contribution >= 0.6 is 11.3 Å². The van der Waals surface area contributed by atoms with Crippen LogP contribution in [0, 0.1) is 5.92 Å². The van der Waals surface area contributed by atoms with Crippen molar-refractivity contribution in [2.45, 2.75) is 32.8 Å². The Hall–Kier alpha value is -2.48. The lowest BCUT2D eigenvalue weighted by molar-refractivity contribution is -0.0498. The molecule has 0 aliphatic heterocycles. The Morgan fingerprint density at radius 2 is 1.96 bits per heavy atom. The van der Waals surface area contributed by atoms with Gasteiger partial charge in [-0.25, -0.2) is 4.79 Å². The molecule has 144 valence electrons. The minimum Gasteiger partial charge on any atom is -0.465 e. The van der Waals surface area contributed by atoms with E-state index in [4.69, 9.17) is 4.74 Å². The molecule has 1 atom stereocenters. The summed E-state index contributed by atoms with van der Waals surface area (Å²) in [6.07, 6.45) is 2.61. The van der Waals surface area contributed by atoms with E-state index in [1.54, 1.807) is 0 Å². The fourth-order valence-corrected chi connectivity index (χ4v) is 4.51. The maximum Gasteiger partial charge on any atom is 0.387 e. The van der Waals surface area contributed by atoms with E-state index in [0.29, 0.717) is 16.5 Å². The molecule has 0 saturated carbocycles. The van der Waals surface area contributed by atoms with Crippen LogP contribution in [-0.4, -0.2) is 25.6 Å². The van der Waals surface area contributed by atoms with E-state index in [9.17, 15) is 18.4 Å². The molecule has 1 aromatic heterocycles. The first-order valence-electron chi connectivity index (χ1n) is 8.48. The number of anilines is 1. The van der Waals surface area contributed by atoms with Crippen molar-refractivity contribution in [1.29, 1.82) is 0 Å². The average molecular weight is 395 g/mol. The largest absolute Gasteiger partial charge is 0.465 e. The van der Waals surface area contributed by atoms with Crippen LogP contribution in [0.25, 0.3) is 0 Å². The van der Waals surface area contributed by atoms with Crippen molar-refractivity contribution >= 4 is 28.2 Å². The maximum atomic E-state index is 12.5. The molecule has 2 aromatic rings. The number of esters is 1. The van der Waals surface area contributed by atoms with Crippen molar-refractivity contribution in [2.75, 3.05) is 12.4 Å². The Morgan fingerprint density at radius 3 is 2.59 bits per heavy atom. The lowest BCUT2D eigenvalue weighted by Crippen LogP contribution is -2.16. The molecule has 1 unspecified atom stereocenters. The standard InChI is InChI=1S/C19H19F2NO4S/c1-10-3-8-13-14(9-10)27-17(15(13)18(24)25-2)22-16(23)11-4-6-12(7-5-11)26-19(20)21/h4-7,10,19H,3,8-9H2,1-2H3,(H,22,23). The zero-order valence-electron chi connectivity index (χ0n) is 14.9. The molecule has 1 heterocycles. The fourth-order valence-electron chi connectivity index (χ4n) is 3.12. The molecule has 3 rings (SSSR count). The van der Waals surface area contributed by atoms with E-state index in [1.165, 1.54) is 42.7 Å². The van der Waals surface area contributed by atoms with Crippen molar-refractivity contribution < 1.29 is 27.8 Å². The van der Waals surface area contributed by atoms with E-state index in [-0.39, 0.29) is 11.3 Å². The fraction of sp³-hybridized carbons (Fsp3) is 0.368. The van der Waals surface area contributed by atoms with Crippen molar-refractivity contribution in [2.24, 2.45) is 5.92 Å². The first-order valence-corrected chi connectivity index (χ1v) is 9.29. The number of halogens is 2. The Kier molecular flexibility index (Phi) is 5.74. The third kappa shape index (κ3) is 4.27. The molecule has 0 radical (unpaired) electrons. The van der Waals surface area contributed by atoms with Gasteiger partial charge in [0.25, 0.3) is 5.91 Å². The minimum atomic E-state index is -2.92. The van der Waals surface area contributed by atoms with Crippen LogP contribution in [0.2, 0.25) is 0 Å². The van der Waals surface area contributed by atoms with E-state index in [1.807, 2.05) is 0 Å². The number of thiophene rings is 1. The molecule has 0 saturated heterocycles. The number of alkyl halides is 2. The second-order valence-electron chi connectivity index (χ2n) is 6.40. The molecule has 0 fully saturated rings. The van der Waals surface area contributed by atoms with Crippen molar-refractivity contribution in [1.82, 2.24) is 0 Å². The number of hydrogen-bond acceptors (Lipinski definition) is 5. The van der Waals surface area contributed by atoms with E-state index in [0.717, 1.165) is 29.7 Å². The molecule has 1 amide bonds. The van der Waals surface area contributed by atoms with Gasteiger partial charge in [0.2, 0.25) is 0 Å². The molecule has 8 heteroatoms. The van der Waals surface area contributed by atoms with Crippen molar-refractivity contribution in [3.8, 4) is 5.75 Å². The number of benzene rings is 1. The van der Waals surface area contributed by atoms with Crippen LogP contribution in [0.3, 0.4) is 0 Å². The lowest BCUT2D eigenvalue weighted by atomic mass is 9.88. The normalized spacial score (nSPS) is 16.0. The smallest absolute Gasteiger partial charge is 0.387 e. The summed E-state index contributed by atoms with van der Waals surface area (Å²) < 4.78 is 33.6. The molecule has 1 aliphatic rings. The summed E-state index contributed by atoms with van der Waals surface area (Å²) in [5, 5.41) is 3.22. The van der Waals surface area contributed by atoms with Crippen LogP contribution in [0.4, 0.5) is 13.8 Å². The highest BCUT2D eigenvalue weighted by molar-refractivity contribution is 7.17. The molecule has 1 aliphatic carbocycles. The number of carbonyl (C=O) groups excluding carboxylic acids is 2. The highest BCUT2D eigenvalue weighted by atomic mass is 32.1. The Balaban J connectivity index is 1.84. The van der Waals surface area contributed by atoms with E-state index in [2.05, 4.69) is 17.0 Å². The molecule has 27 heavy (non-hydrogen) atoms. The highest BCUT2D eigenvalue weighted by Crippen LogP contribution is 2.40. The zero-order chi connectivity index (χ0) is 19.6. The van der Waals surface area contributed by atoms with Crippen LogP contribution in [-0.2, 0) is 17.6 Å². The van der Waals surface area contributed by atoms with Gasteiger partial charge in [0, 0.05) is 10.4 Å². The first kappa shape index (κ1) is 19.3. The van der Waals surface area contributed by atoms with Gasteiger partial charge in [-0.05, 0) is 55.0 Å². The number of amides is 1. The van der Waals surface area contributed by atoms with Gasteiger partial charge in [0.15, 0.2) is 0 Å². The van der Waals surface area contributed by atoms with Gasteiger partial charge in [-0.15, -0.1) is 11.3 Å². The van der Waals surface area contributed by atoms with Gasteiger partial charge in [0.05, 0.1) is 12.7 Å². The molecule has 0 bridgehead atoms. The monoisotopic (exact) mass is 395 g/mol. The van der Waals surface area contributed by atoms with Gasteiger partial charge >= 0.3 is 12.6 Å². The molecular formula is C19H19F2NO4S. The number of ether oxygens (including phenoxy) is 2. The summed E-state index contributed by atoms with van der Waals surface area (Å²) >= 11 is 1.39. The van der Waals surface area contributed by atoms with Gasteiger partial charge in [-0.1, -0.05) is 6.92 Å². The molecule has 1 aromatic carbocycles. The number of hydrogen-bond donors (Lipinski definition) is 1. The number of methoxy groups -OCH3 is 1. The number of rotatable bonds is 5. The van der Waals surface area contributed by atoms with Crippen LogP contribution < -0.4 is 10.1 Å². The summed E-state index contributed by atoms with van der Waals surface area (Å²) in [6.45, 7) is -0.769. The quantitative estimate of drug-likeness (QED) is 0.757. The summed E-state index contributed by atoms with van der Waals surface area (Å²) in [4.78, 5) is 25.9. The Morgan fingerprint density at radius 1 is 1.26 bits per heavy atom. The second kappa shape index (κ2) is 8.04. The Bertz CT molecular complexity index is 848.